The fraction of sp³-hybridized carbons (Fsp3) is 0.966. The maximum atomic E-state index is 10.2. The number of carbonyl (C=O) groups is 1. The Bertz CT molecular complexity index is 356. The Hall–Kier alpha value is -0.730. The van der Waals surface area contributed by atoms with E-state index in [9.17, 15) is 4.79 Å². The first-order valence-corrected chi connectivity index (χ1v) is 14.6. The van der Waals surface area contributed by atoms with Crippen molar-refractivity contribution in [1.82, 2.24) is 0 Å². The maximum absolute atomic E-state index is 10.2. The second-order valence-corrected chi connectivity index (χ2v) is 9.95. The summed E-state index contributed by atoms with van der Waals surface area (Å²) in [6.45, 7) is 2.65. The lowest BCUT2D eigenvalue weighted by atomic mass is 10.0. The molecule has 0 unspecified atom stereocenters. The van der Waals surface area contributed by atoms with E-state index in [1.165, 1.54) is 154 Å². The van der Waals surface area contributed by atoms with Crippen LogP contribution in [0.1, 0.15) is 174 Å². The minimum atomic E-state index is -1.15. The summed E-state index contributed by atoms with van der Waals surface area (Å²) in [7, 11) is 0. The molecule has 0 aliphatic heterocycles. The van der Waals surface area contributed by atoms with Crippen LogP contribution in [0.15, 0.2) is 0 Å². The van der Waals surface area contributed by atoms with Crippen molar-refractivity contribution in [2.75, 3.05) is 6.61 Å². The number of rotatable bonds is 27. The third-order valence-corrected chi connectivity index (χ3v) is 6.72. The molecule has 0 amide bonds. The topological polar surface area (TPSA) is 46.5 Å². The smallest absolute Gasteiger partial charge is 0.450 e. The van der Waals surface area contributed by atoms with Gasteiger partial charge in [0.05, 0.1) is 6.61 Å². The molecule has 0 aromatic heterocycles. The Balaban J connectivity index is 3.00. The van der Waals surface area contributed by atoms with Crippen molar-refractivity contribution in [3.8, 4) is 0 Å². The molecule has 0 aromatic carbocycles. The van der Waals surface area contributed by atoms with Gasteiger partial charge in [-0.2, -0.15) is 0 Å². The largest absolute Gasteiger partial charge is 0.505 e. The molecule has 0 radical (unpaired) electrons. The fourth-order valence-electron chi connectivity index (χ4n) is 4.58. The molecule has 0 aromatic rings. The number of ether oxygens (including phenoxy) is 1. The van der Waals surface area contributed by atoms with E-state index in [4.69, 9.17) is 5.11 Å². The molecule has 0 fully saturated rings. The van der Waals surface area contributed by atoms with Crippen LogP contribution in [-0.4, -0.2) is 17.9 Å². The van der Waals surface area contributed by atoms with Gasteiger partial charge in [0, 0.05) is 0 Å². The normalized spacial score (nSPS) is 11.2. The van der Waals surface area contributed by atoms with Crippen molar-refractivity contribution in [3.05, 3.63) is 0 Å². The van der Waals surface area contributed by atoms with Gasteiger partial charge in [-0.1, -0.05) is 167 Å². The van der Waals surface area contributed by atoms with E-state index in [0.29, 0.717) is 6.61 Å². The van der Waals surface area contributed by atoms with Crippen LogP contribution in [0.2, 0.25) is 0 Å². The van der Waals surface area contributed by atoms with Crippen LogP contribution in [0.4, 0.5) is 4.79 Å². The summed E-state index contributed by atoms with van der Waals surface area (Å²) in [5.74, 6) is 0. The van der Waals surface area contributed by atoms with Crippen molar-refractivity contribution < 1.29 is 14.6 Å². The van der Waals surface area contributed by atoms with Crippen molar-refractivity contribution in [3.63, 3.8) is 0 Å². The summed E-state index contributed by atoms with van der Waals surface area (Å²) in [4.78, 5) is 10.2. The monoisotopic (exact) mass is 454 g/mol. The highest BCUT2D eigenvalue weighted by Gasteiger charge is 1.97. The minimum Gasteiger partial charge on any atom is -0.450 e. The van der Waals surface area contributed by atoms with Gasteiger partial charge in [0.25, 0.3) is 0 Å². The molecule has 0 bridgehead atoms. The summed E-state index contributed by atoms with van der Waals surface area (Å²) in [5, 5.41) is 8.38. The number of unbranched alkanes of at least 4 members (excludes halogenated alkanes) is 25. The SMILES string of the molecule is CCCCCCCCCCCCCCCCCCCCCCCCCCCCOC(=O)O. The van der Waals surface area contributed by atoms with Gasteiger partial charge in [-0.25, -0.2) is 4.79 Å². The van der Waals surface area contributed by atoms with Gasteiger partial charge < -0.3 is 9.84 Å². The van der Waals surface area contributed by atoms with Crippen LogP contribution in [-0.2, 0) is 4.74 Å². The quantitative estimate of drug-likeness (QED) is 0.0991. The molecule has 0 heterocycles. The van der Waals surface area contributed by atoms with Crippen LogP contribution >= 0.6 is 0 Å². The summed E-state index contributed by atoms with van der Waals surface area (Å²) >= 11 is 0. The second kappa shape index (κ2) is 28.3. The second-order valence-electron chi connectivity index (χ2n) is 9.95. The molecular weight excluding hydrogens is 396 g/mol. The zero-order valence-corrected chi connectivity index (χ0v) is 21.9. The lowest BCUT2D eigenvalue weighted by molar-refractivity contribution is 0.0899. The third-order valence-electron chi connectivity index (χ3n) is 6.72. The van der Waals surface area contributed by atoms with Crippen LogP contribution in [0.3, 0.4) is 0 Å². The van der Waals surface area contributed by atoms with E-state index in [2.05, 4.69) is 11.7 Å². The van der Waals surface area contributed by atoms with Gasteiger partial charge in [0.2, 0.25) is 0 Å². The molecule has 0 spiro atoms. The average molecular weight is 455 g/mol. The number of hydrogen-bond donors (Lipinski definition) is 1. The van der Waals surface area contributed by atoms with E-state index < -0.39 is 6.16 Å². The average Bonchev–Trinajstić information content (AvgIpc) is 2.78. The standard InChI is InChI=1S/C29H58O3/c1-2-3-4-5-6-7-8-9-10-11-12-13-14-15-16-17-18-19-20-21-22-23-24-25-26-27-28-32-29(30)31/h2-28H2,1H3,(H,30,31). The van der Waals surface area contributed by atoms with E-state index in [1.54, 1.807) is 0 Å². The summed E-state index contributed by atoms with van der Waals surface area (Å²) in [6, 6.07) is 0. The van der Waals surface area contributed by atoms with E-state index in [0.717, 1.165) is 12.8 Å². The summed E-state index contributed by atoms with van der Waals surface area (Å²) < 4.78 is 4.51. The first-order chi connectivity index (χ1) is 15.8. The molecule has 32 heavy (non-hydrogen) atoms. The van der Waals surface area contributed by atoms with Crippen molar-refractivity contribution in [2.24, 2.45) is 0 Å². The summed E-state index contributed by atoms with van der Waals surface area (Å²) in [6.07, 6.45) is 34.9. The Labute approximate surface area is 201 Å². The van der Waals surface area contributed by atoms with Gasteiger partial charge in [-0.05, 0) is 6.42 Å². The third kappa shape index (κ3) is 29.3. The van der Waals surface area contributed by atoms with Crippen LogP contribution in [0.5, 0.6) is 0 Å². The molecular formula is C29H58O3. The highest BCUT2D eigenvalue weighted by atomic mass is 16.7. The minimum absolute atomic E-state index is 0.356. The lowest BCUT2D eigenvalue weighted by Crippen LogP contribution is -2.01. The Morgan fingerprint density at radius 3 is 0.875 bits per heavy atom. The van der Waals surface area contributed by atoms with Crippen molar-refractivity contribution in [1.29, 1.82) is 0 Å². The predicted octanol–water partition coefficient (Wildman–Crippen LogP) is 10.8. The molecule has 0 saturated heterocycles. The first kappa shape index (κ1) is 31.3. The van der Waals surface area contributed by atoms with Gasteiger partial charge in [-0.15, -0.1) is 0 Å². The Morgan fingerprint density at radius 2 is 0.656 bits per heavy atom. The van der Waals surface area contributed by atoms with Crippen LogP contribution < -0.4 is 0 Å². The molecule has 3 heteroatoms. The van der Waals surface area contributed by atoms with Crippen molar-refractivity contribution >= 4 is 6.16 Å². The van der Waals surface area contributed by atoms with Gasteiger partial charge in [-0.3, -0.25) is 0 Å². The fourth-order valence-corrected chi connectivity index (χ4v) is 4.58. The molecule has 0 rings (SSSR count). The molecule has 1 N–H and O–H groups in total. The van der Waals surface area contributed by atoms with Crippen molar-refractivity contribution in [2.45, 2.75) is 174 Å². The predicted molar refractivity (Wildman–Crippen MR) is 140 cm³/mol. The maximum Gasteiger partial charge on any atom is 0.505 e. The van der Waals surface area contributed by atoms with E-state index >= 15 is 0 Å². The highest BCUT2D eigenvalue weighted by molar-refractivity contribution is 5.56. The molecule has 0 atom stereocenters. The molecule has 0 saturated carbocycles. The zero-order valence-electron chi connectivity index (χ0n) is 21.9. The number of hydrogen-bond acceptors (Lipinski definition) is 2. The molecule has 3 nitrogen and oxygen atoms in total. The Morgan fingerprint density at radius 1 is 0.438 bits per heavy atom. The first-order valence-electron chi connectivity index (χ1n) is 14.6. The molecule has 0 aliphatic carbocycles. The van der Waals surface area contributed by atoms with Crippen LogP contribution in [0, 0.1) is 0 Å². The Kier molecular flexibility index (Phi) is 27.7. The van der Waals surface area contributed by atoms with Gasteiger partial charge in [0.15, 0.2) is 0 Å². The highest BCUT2D eigenvalue weighted by Crippen LogP contribution is 2.15. The molecule has 192 valence electrons. The van der Waals surface area contributed by atoms with Gasteiger partial charge >= 0.3 is 6.16 Å². The summed E-state index contributed by atoms with van der Waals surface area (Å²) in [5.41, 5.74) is 0. The lowest BCUT2D eigenvalue weighted by Gasteiger charge is -2.04. The van der Waals surface area contributed by atoms with Gasteiger partial charge in [0.1, 0.15) is 0 Å². The number of carboxylic acid groups (broad SMARTS) is 1. The van der Waals surface area contributed by atoms with E-state index in [-0.39, 0.29) is 0 Å². The molecule has 0 aliphatic rings. The van der Waals surface area contributed by atoms with Crippen LogP contribution in [0.25, 0.3) is 0 Å². The van der Waals surface area contributed by atoms with E-state index in [1.807, 2.05) is 0 Å². The zero-order chi connectivity index (χ0) is 23.4.